The molecule has 0 aromatic heterocycles. The third kappa shape index (κ3) is 4.19. The van der Waals surface area contributed by atoms with Crippen molar-refractivity contribution in [3.8, 4) is 0 Å². The molecule has 0 spiro atoms. The number of nitrogens with one attached hydrogen (secondary N) is 1. The van der Waals surface area contributed by atoms with E-state index < -0.39 is 0 Å². The maximum atomic E-state index is 5.52. The van der Waals surface area contributed by atoms with Gasteiger partial charge in [-0.25, -0.2) is 5.84 Å². The molecular weight excluding hydrogens is 224 g/mol. The highest BCUT2D eigenvalue weighted by molar-refractivity contribution is 7.99. The molecule has 1 atom stereocenters. The van der Waals surface area contributed by atoms with Gasteiger partial charge in [0.05, 0.1) is 0 Å². The van der Waals surface area contributed by atoms with Gasteiger partial charge in [-0.1, -0.05) is 0 Å². The molecule has 0 aliphatic carbocycles. The summed E-state index contributed by atoms with van der Waals surface area (Å²) in [6.07, 6.45) is 0.929. The van der Waals surface area contributed by atoms with E-state index in [9.17, 15) is 0 Å². The Labute approximate surface area is 102 Å². The molecule has 16 heavy (non-hydrogen) atoms. The number of nitrogens with zero attached hydrogens (tertiary/aromatic N) is 2. The van der Waals surface area contributed by atoms with Gasteiger partial charge in [0.15, 0.2) is 0 Å². The minimum Gasteiger partial charge on any atom is -0.385 e. The second-order valence-corrected chi connectivity index (χ2v) is 4.96. The monoisotopic (exact) mass is 246 g/mol. The van der Waals surface area contributed by atoms with Crippen LogP contribution < -0.4 is 11.3 Å². The van der Waals surface area contributed by atoms with Crippen LogP contribution in [0.15, 0.2) is 4.99 Å². The summed E-state index contributed by atoms with van der Waals surface area (Å²) in [6, 6.07) is 0.496. The van der Waals surface area contributed by atoms with Crippen LogP contribution in [0.3, 0.4) is 0 Å². The van der Waals surface area contributed by atoms with Gasteiger partial charge in [0, 0.05) is 44.4 Å². The lowest BCUT2D eigenvalue weighted by molar-refractivity contribution is 0.196. The first-order chi connectivity index (χ1) is 7.79. The van der Waals surface area contributed by atoms with Gasteiger partial charge in [0.1, 0.15) is 0 Å². The Morgan fingerprint density at radius 2 is 2.50 bits per heavy atom. The number of hydrogen-bond donors (Lipinski definition) is 2. The van der Waals surface area contributed by atoms with Gasteiger partial charge in [-0.05, 0) is 13.3 Å². The number of aliphatic imine (C=N–C) groups is 1. The van der Waals surface area contributed by atoms with E-state index in [4.69, 9.17) is 10.6 Å². The third-order valence-electron chi connectivity index (χ3n) is 2.54. The maximum absolute atomic E-state index is 5.52. The summed E-state index contributed by atoms with van der Waals surface area (Å²) in [4.78, 5) is 6.71. The van der Waals surface area contributed by atoms with Gasteiger partial charge in [0.2, 0.25) is 5.96 Å². The zero-order valence-electron chi connectivity index (χ0n) is 10.1. The van der Waals surface area contributed by atoms with Crippen molar-refractivity contribution in [3.63, 3.8) is 0 Å². The summed E-state index contributed by atoms with van der Waals surface area (Å²) in [6.45, 7) is 4.71. The second kappa shape index (κ2) is 7.76. The Bertz CT molecular complexity index is 225. The number of thioether (sulfide) groups is 1. The van der Waals surface area contributed by atoms with Gasteiger partial charge in [-0.3, -0.25) is 10.4 Å². The first-order valence-electron chi connectivity index (χ1n) is 5.64. The van der Waals surface area contributed by atoms with E-state index in [0.717, 1.165) is 43.6 Å². The number of ether oxygens (including phenoxy) is 1. The average Bonchev–Trinajstić information content (AvgIpc) is 2.31. The normalized spacial score (nSPS) is 22.3. The van der Waals surface area contributed by atoms with E-state index in [0.29, 0.717) is 6.04 Å². The standard InChI is InChI=1S/C10H22N4OS/c1-9-8-16-7-5-14(9)10(13-11)12-4-3-6-15-2/h9H,3-8,11H2,1-2H3,(H,12,13). The zero-order chi connectivity index (χ0) is 11.8. The van der Waals surface area contributed by atoms with Gasteiger partial charge in [-0.2, -0.15) is 11.8 Å². The Morgan fingerprint density at radius 3 is 3.12 bits per heavy atom. The highest BCUT2D eigenvalue weighted by Gasteiger charge is 2.21. The van der Waals surface area contributed by atoms with E-state index in [2.05, 4.69) is 22.2 Å². The molecule has 0 radical (unpaired) electrons. The predicted octanol–water partition coefficient (Wildman–Crippen LogP) is 0.280. The zero-order valence-corrected chi connectivity index (χ0v) is 10.9. The number of rotatable bonds is 4. The molecule has 1 aliphatic heterocycles. The second-order valence-electron chi connectivity index (χ2n) is 3.81. The molecule has 1 aliphatic rings. The molecule has 1 fully saturated rings. The van der Waals surface area contributed by atoms with Crippen LogP contribution in [-0.2, 0) is 4.74 Å². The summed E-state index contributed by atoms with van der Waals surface area (Å²) >= 11 is 1.98. The van der Waals surface area contributed by atoms with Gasteiger partial charge in [-0.15, -0.1) is 0 Å². The minimum atomic E-state index is 0.496. The number of nitrogens with two attached hydrogens (primary N) is 1. The van der Waals surface area contributed by atoms with Crippen molar-refractivity contribution in [1.29, 1.82) is 0 Å². The van der Waals surface area contributed by atoms with Crippen molar-refractivity contribution >= 4 is 17.7 Å². The van der Waals surface area contributed by atoms with Gasteiger partial charge < -0.3 is 9.64 Å². The Morgan fingerprint density at radius 1 is 1.69 bits per heavy atom. The van der Waals surface area contributed by atoms with Crippen LogP contribution in [0.2, 0.25) is 0 Å². The summed E-state index contributed by atoms with van der Waals surface area (Å²) in [5.41, 5.74) is 2.70. The summed E-state index contributed by atoms with van der Waals surface area (Å²) in [5.74, 6) is 8.61. The number of methoxy groups -OCH3 is 1. The molecule has 3 N–H and O–H groups in total. The highest BCUT2D eigenvalue weighted by Crippen LogP contribution is 2.15. The first-order valence-corrected chi connectivity index (χ1v) is 6.79. The van der Waals surface area contributed by atoms with Crippen molar-refractivity contribution in [2.45, 2.75) is 19.4 Å². The van der Waals surface area contributed by atoms with Crippen molar-refractivity contribution in [2.24, 2.45) is 10.8 Å². The molecule has 94 valence electrons. The molecule has 5 nitrogen and oxygen atoms in total. The summed E-state index contributed by atoms with van der Waals surface area (Å²) in [5, 5.41) is 0. The van der Waals surface area contributed by atoms with Gasteiger partial charge in [0.25, 0.3) is 0 Å². The van der Waals surface area contributed by atoms with Crippen molar-refractivity contribution in [2.75, 3.05) is 38.3 Å². The Balaban J connectivity index is 2.44. The van der Waals surface area contributed by atoms with E-state index in [1.54, 1.807) is 7.11 Å². The lowest BCUT2D eigenvalue weighted by Gasteiger charge is -2.35. The SMILES string of the molecule is COCCCN=C(NN)N1CCSCC1C. The summed E-state index contributed by atoms with van der Waals surface area (Å²) in [7, 11) is 1.70. The topological polar surface area (TPSA) is 62.9 Å². The van der Waals surface area contributed by atoms with Crippen LogP contribution >= 0.6 is 11.8 Å². The Hall–Kier alpha value is -0.460. The fourth-order valence-corrected chi connectivity index (χ4v) is 2.67. The van der Waals surface area contributed by atoms with Crippen LogP contribution in [0.25, 0.3) is 0 Å². The van der Waals surface area contributed by atoms with Crippen LogP contribution in [0, 0.1) is 0 Å². The molecule has 1 rings (SSSR count). The van der Waals surface area contributed by atoms with E-state index in [-0.39, 0.29) is 0 Å². The molecule has 0 saturated carbocycles. The van der Waals surface area contributed by atoms with Crippen molar-refractivity contribution in [1.82, 2.24) is 10.3 Å². The summed E-state index contributed by atoms with van der Waals surface area (Å²) < 4.78 is 4.99. The van der Waals surface area contributed by atoms with Crippen LogP contribution in [0.5, 0.6) is 0 Å². The van der Waals surface area contributed by atoms with Crippen molar-refractivity contribution < 1.29 is 4.74 Å². The lowest BCUT2D eigenvalue weighted by Crippen LogP contribution is -2.52. The van der Waals surface area contributed by atoms with Crippen LogP contribution in [-0.4, -0.2) is 55.2 Å². The molecule has 6 heteroatoms. The average molecular weight is 246 g/mol. The molecule has 0 bridgehead atoms. The highest BCUT2D eigenvalue weighted by atomic mass is 32.2. The van der Waals surface area contributed by atoms with Gasteiger partial charge >= 0.3 is 0 Å². The number of hydrazine groups is 1. The lowest BCUT2D eigenvalue weighted by atomic mass is 10.3. The maximum Gasteiger partial charge on any atom is 0.208 e. The smallest absolute Gasteiger partial charge is 0.208 e. The molecule has 1 saturated heterocycles. The van der Waals surface area contributed by atoms with E-state index >= 15 is 0 Å². The molecule has 0 amide bonds. The predicted molar refractivity (Wildman–Crippen MR) is 69.6 cm³/mol. The Kier molecular flexibility index (Phi) is 6.59. The molecule has 0 aromatic carbocycles. The number of guanidine groups is 1. The molecule has 0 aromatic rings. The molecule has 1 unspecified atom stereocenters. The fourth-order valence-electron chi connectivity index (χ4n) is 1.66. The largest absolute Gasteiger partial charge is 0.385 e. The van der Waals surface area contributed by atoms with Crippen LogP contribution in [0.1, 0.15) is 13.3 Å². The van der Waals surface area contributed by atoms with Crippen molar-refractivity contribution in [3.05, 3.63) is 0 Å². The minimum absolute atomic E-state index is 0.496. The van der Waals surface area contributed by atoms with Crippen LogP contribution in [0.4, 0.5) is 0 Å². The van der Waals surface area contributed by atoms with E-state index in [1.807, 2.05) is 11.8 Å². The number of hydrogen-bond acceptors (Lipinski definition) is 4. The molecule has 1 heterocycles. The quantitative estimate of drug-likeness (QED) is 0.245. The van der Waals surface area contributed by atoms with E-state index in [1.165, 1.54) is 0 Å². The third-order valence-corrected chi connectivity index (χ3v) is 3.73. The fraction of sp³-hybridized carbons (Fsp3) is 0.900. The first kappa shape index (κ1) is 13.6. The molecular formula is C10H22N4OS.